The second kappa shape index (κ2) is 17.9. The van der Waals surface area contributed by atoms with Gasteiger partial charge >= 0.3 is 24.3 Å². The molecule has 0 atom stereocenters. The Kier molecular flexibility index (Phi) is 15.6. The van der Waals surface area contributed by atoms with Gasteiger partial charge in [-0.05, 0) is 72.5 Å². The van der Waals surface area contributed by atoms with Gasteiger partial charge in [-0.25, -0.2) is 18.0 Å². The summed E-state index contributed by atoms with van der Waals surface area (Å²) in [7, 11) is -3.78. The third-order valence-electron chi connectivity index (χ3n) is 5.83. The molecular weight excluding hydrogens is 725 g/mol. The van der Waals surface area contributed by atoms with Crippen LogP contribution in [0.4, 0.5) is 32.0 Å². The number of aliphatic carboxylic acids is 2. The molecule has 20 heteroatoms. The number of amidine groups is 1. The van der Waals surface area contributed by atoms with Crippen molar-refractivity contribution in [2.75, 3.05) is 18.1 Å². The van der Waals surface area contributed by atoms with Crippen molar-refractivity contribution < 1.29 is 54.6 Å². The molecular formula is C29H33F6N5O6S3. The van der Waals surface area contributed by atoms with Crippen LogP contribution in [0.25, 0.3) is 11.1 Å². The van der Waals surface area contributed by atoms with Gasteiger partial charge in [0.15, 0.2) is 5.96 Å². The molecule has 0 aliphatic heterocycles. The number of halogens is 6. The van der Waals surface area contributed by atoms with E-state index in [1.807, 2.05) is 37.4 Å². The fraction of sp³-hybridized carbons (Fsp3) is 0.310. The summed E-state index contributed by atoms with van der Waals surface area (Å²) in [5.74, 6) is -4.72. The van der Waals surface area contributed by atoms with Crippen molar-refractivity contribution in [3.8, 4) is 11.1 Å². The Hall–Kier alpha value is -4.30. The number of aliphatic imine (C=N–C) groups is 1. The number of nitrogens with two attached hydrogens (primary N) is 2. The number of guanidine groups is 1. The highest BCUT2D eigenvalue weighted by atomic mass is 32.2. The van der Waals surface area contributed by atoms with Crippen LogP contribution in [0, 0.1) is 18.3 Å². The van der Waals surface area contributed by atoms with Crippen LogP contribution in [-0.4, -0.2) is 67.5 Å². The van der Waals surface area contributed by atoms with E-state index in [0.29, 0.717) is 27.5 Å². The molecule has 0 amide bonds. The van der Waals surface area contributed by atoms with Gasteiger partial charge in [-0.2, -0.15) is 26.3 Å². The van der Waals surface area contributed by atoms with Crippen LogP contribution in [0.3, 0.4) is 0 Å². The number of thioether (sulfide) groups is 1. The van der Waals surface area contributed by atoms with Crippen molar-refractivity contribution in [2.45, 2.75) is 53.5 Å². The van der Waals surface area contributed by atoms with Crippen molar-refractivity contribution in [2.24, 2.45) is 22.4 Å². The van der Waals surface area contributed by atoms with Crippen LogP contribution >= 0.6 is 23.1 Å². The van der Waals surface area contributed by atoms with E-state index in [-0.39, 0.29) is 15.6 Å². The molecule has 8 N–H and O–H groups in total. The molecule has 0 aliphatic carbocycles. The predicted molar refractivity (Wildman–Crippen MR) is 176 cm³/mol. The summed E-state index contributed by atoms with van der Waals surface area (Å²) in [5.41, 5.74) is 15.1. The number of anilines is 1. The normalized spacial score (nSPS) is 11.9. The van der Waals surface area contributed by atoms with Gasteiger partial charge in [0.2, 0.25) is 9.84 Å². The molecule has 3 rings (SSSR count). The maximum absolute atomic E-state index is 13.5. The maximum Gasteiger partial charge on any atom is 0.490 e. The lowest BCUT2D eigenvalue weighted by molar-refractivity contribution is -0.193. The number of benzene rings is 2. The summed E-state index contributed by atoms with van der Waals surface area (Å²) in [6.07, 6.45) is -7.38. The molecule has 0 unspecified atom stereocenters. The third-order valence-corrected chi connectivity index (χ3v) is 10.2. The number of rotatable bonds is 9. The zero-order valence-corrected chi connectivity index (χ0v) is 28.7. The maximum atomic E-state index is 13.5. The number of nitrogens with zero attached hydrogens (tertiary/aromatic N) is 1. The van der Waals surface area contributed by atoms with Gasteiger partial charge in [-0.1, -0.05) is 32.0 Å². The zero-order valence-electron chi connectivity index (χ0n) is 26.2. The quantitative estimate of drug-likeness (QED) is 0.0596. The van der Waals surface area contributed by atoms with E-state index < -0.39 is 34.1 Å². The summed E-state index contributed by atoms with van der Waals surface area (Å²) in [6.45, 7) is 6.93. The van der Waals surface area contributed by atoms with Gasteiger partial charge in [-0.3, -0.25) is 10.4 Å². The fourth-order valence-electron chi connectivity index (χ4n) is 3.47. The number of alkyl halides is 6. The highest BCUT2D eigenvalue weighted by Gasteiger charge is 2.39. The molecule has 0 saturated heterocycles. The van der Waals surface area contributed by atoms with E-state index >= 15 is 0 Å². The molecule has 2 aromatic carbocycles. The Labute approximate surface area is 285 Å². The highest BCUT2D eigenvalue weighted by molar-refractivity contribution is 8.01. The van der Waals surface area contributed by atoms with E-state index in [0.717, 1.165) is 28.8 Å². The van der Waals surface area contributed by atoms with Crippen LogP contribution < -0.4 is 16.8 Å². The zero-order chi connectivity index (χ0) is 37.9. The molecule has 0 fully saturated rings. The lowest BCUT2D eigenvalue weighted by Crippen LogP contribution is -2.23. The average molecular weight is 758 g/mol. The second-order valence-electron chi connectivity index (χ2n) is 10.1. The van der Waals surface area contributed by atoms with Crippen molar-refractivity contribution in [3.05, 3.63) is 59.0 Å². The number of nitrogen functional groups attached to an aromatic ring is 1. The van der Waals surface area contributed by atoms with Gasteiger partial charge in [0, 0.05) is 12.2 Å². The number of carboxylic acid groups (broad SMARTS) is 2. The molecule has 11 nitrogen and oxygen atoms in total. The average Bonchev–Trinajstić information content (AvgIpc) is 3.43. The minimum absolute atomic E-state index is 0.143. The molecule has 3 aromatic rings. The Morgan fingerprint density at radius 2 is 1.55 bits per heavy atom. The smallest absolute Gasteiger partial charge is 0.475 e. The molecule has 0 bridgehead atoms. The Balaban J connectivity index is 0.000000717. The largest absolute Gasteiger partial charge is 0.490 e. The van der Waals surface area contributed by atoms with Crippen LogP contribution in [-0.2, 0) is 19.4 Å². The number of carbonyl (C=O) groups is 2. The summed E-state index contributed by atoms with van der Waals surface area (Å²) in [4.78, 5) is 23.0. The summed E-state index contributed by atoms with van der Waals surface area (Å²) >= 11 is 2.54. The monoisotopic (exact) mass is 757 g/mol. The van der Waals surface area contributed by atoms with Crippen molar-refractivity contribution in [1.82, 2.24) is 0 Å². The number of sulfone groups is 1. The first-order chi connectivity index (χ1) is 22.4. The second-order valence-corrected chi connectivity index (χ2v) is 14.2. The number of hydrogen-bond acceptors (Lipinski definition) is 8. The molecule has 0 saturated carbocycles. The standard InChI is InChI=1S/C25H31N5O2S3.2C2HF3O2/c1-15(2)10-11-29-25(28)30-18-8-9-20(16(3)12-18)17-6-5-7-19(13-17)35(31,32)22-14-21(23(26)27)34-24(22)33-4;2*3-2(4,5)1(6)7/h5-9,12-15H,10-11H2,1-4H3,(H3,26,27)(H3,28,29,30);2*(H,6,7). The molecule has 1 heterocycles. The van der Waals surface area contributed by atoms with Crippen LogP contribution in [0.5, 0.6) is 0 Å². The van der Waals surface area contributed by atoms with Gasteiger partial charge < -0.3 is 27.0 Å². The Bertz CT molecular complexity index is 1750. The first-order valence-corrected chi connectivity index (χ1v) is 17.1. The van der Waals surface area contributed by atoms with Gasteiger partial charge in [0.25, 0.3) is 0 Å². The molecule has 0 aliphatic rings. The number of carboxylic acids is 2. The SMILES string of the molecule is CSc1sc(C(=N)N)cc1S(=O)(=O)c1cccc(-c2ccc(NC(N)=NCCC(C)C)cc2C)c1.O=C(O)C(F)(F)F.O=C(O)C(F)(F)F. The Morgan fingerprint density at radius 3 is 2.00 bits per heavy atom. The topological polar surface area (TPSA) is 209 Å². The first kappa shape index (κ1) is 42.7. The molecule has 270 valence electrons. The van der Waals surface area contributed by atoms with Crippen LogP contribution in [0.2, 0.25) is 0 Å². The van der Waals surface area contributed by atoms with Gasteiger partial charge in [0.05, 0.1) is 18.9 Å². The minimum Gasteiger partial charge on any atom is -0.475 e. The van der Waals surface area contributed by atoms with Gasteiger partial charge in [-0.15, -0.1) is 23.1 Å². The van der Waals surface area contributed by atoms with Crippen LogP contribution in [0.15, 0.2) is 67.5 Å². The van der Waals surface area contributed by atoms with E-state index in [4.69, 9.17) is 36.7 Å². The lowest BCUT2D eigenvalue weighted by Gasteiger charge is -2.12. The summed E-state index contributed by atoms with van der Waals surface area (Å²) < 4.78 is 91.0. The van der Waals surface area contributed by atoms with Crippen LogP contribution in [0.1, 0.15) is 30.7 Å². The number of aryl methyl sites for hydroxylation is 1. The fourth-order valence-corrected chi connectivity index (χ4v) is 7.38. The van der Waals surface area contributed by atoms with E-state index in [2.05, 4.69) is 24.2 Å². The molecule has 1 aromatic heterocycles. The van der Waals surface area contributed by atoms with E-state index in [1.54, 1.807) is 18.2 Å². The molecule has 49 heavy (non-hydrogen) atoms. The predicted octanol–water partition coefficient (Wildman–Crippen LogP) is 6.60. The number of nitrogens with one attached hydrogen (secondary N) is 2. The number of hydrogen-bond donors (Lipinski definition) is 6. The van der Waals surface area contributed by atoms with Crippen molar-refractivity contribution in [1.29, 1.82) is 5.41 Å². The molecule has 0 spiro atoms. The highest BCUT2D eigenvalue weighted by Crippen LogP contribution is 2.38. The van der Waals surface area contributed by atoms with E-state index in [1.165, 1.54) is 29.2 Å². The number of thiophene rings is 1. The summed E-state index contributed by atoms with van der Waals surface area (Å²) in [6, 6.07) is 14.2. The third kappa shape index (κ3) is 13.6. The Morgan fingerprint density at radius 1 is 1.00 bits per heavy atom. The summed E-state index contributed by atoms with van der Waals surface area (Å²) in [5, 5.41) is 25.0. The minimum atomic E-state index is -5.08. The lowest BCUT2D eigenvalue weighted by atomic mass is 10.00. The van der Waals surface area contributed by atoms with E-state index in [9.17, 15) is 34.8 Å². The van der Waals surface area contributed by atoms with Crippen molar-refractivity contribution >= 4 is 62.4 Å². The molecule has 0 radical (unpaired) electrons. The first-order valence-electron chi connectivity index (χ1n) is 13.6. The van der Waals surface area contributed by atoms with Crippen molar-refractivity contribution in [3.63, 3.8) is 0 Å². The van der Waals surface area contributed by atoms with Gasteiger partial charge in [0.1, 0.15) is 5.84 Å².